The highest BCUT2D eigenvalue weighted by atomic mass is 16.2. The molecule has 0 aliphatic carbocycles. The molecular formula is C10H16N2O2. The lowest BCUT2D eigenvalue weighted by atomic mass is 10.1. The molecule has 4 heteroatoms. The Morgan fingerprint density at radius 3 is 2.36 bits per heavy atom. The standard InChI is InChI=1S/C10H16N2O2/c1-7(2)8(11-3)6-12-9(13)4-5-10(12)14/h8,11H,1,4-6H2,2-3H3. The van der Waals surface area contributed by atoms with Gasteiger partial charge < -0.3 is 5.32 Å². The molecule has 0 saturated carbocycles. The van der Waals surface area contributed by atoms with E-state index in [4.69, 9.17) is 0 Å². The van der Waals surface area contributed by atoms with Crippen LogP contribution in [0.3, 0.4) is 0 Å². The smallest absolute Gasteiger partial charge is 0.229 e. The number of hydrogen-bond donors (Lipinski definition) is 1. The molecule has 0 radical (unpaired) electrons. The number of imide groups is 1. The summed E-state index contributed by atoms with van der Waals surface area (Å²) in [5, 5.41) is 3.02. The summed E-state index contributed by atoms with van der Waals surface area (Å²) >= 11 is 0. The Labute approximate surface area is 84.0 Å². The summed E-state index contributed by atoms with van der Waals surface area (Å²) < 4.78 is 0. The summed E-state index contributed by atoms with van der Waals surface area (Å²) in [7, 11) is 1.80. The van der Waals surface area contributed by atoms with E-state index in [2.05, 4.69) is 11.9 Å². The predicted octanol–water partition coefficient (Wildman–Crippen LogP) is 0.299. The van der Waals surface area contributed by atoms with E-state index >= 15 is 0 Å². The van der Waals surface area contributed by atoms with Crippen molar-refractivity contribution in [3.8, 4) is 0 Å². The van der Waals surface area contributed by atoms with E-state index in [1.807, 2.05) is 6.92 Å². The molecule has 1 aliphatic rings. The van der Waals surface area contributed by atoms with Crippen LogP contribution in [0, 0.1) is 0 Å². The lowest BCUT2D eigenvalue weighted by molar-refractivity contribution is -0.138. The molecule has 1 heterocycles. The normalized spacial score (nSPS) is 18.9. The van der Waals surface area contributed by atoms with Crippen molar-refractivity contribution in [2.45, 2.75) is 25.8 Å². The zero-order valence-electron chi connectivity index (χ0n) is 8.67. The van der Waals surface area contributed by atoms with E-state index in [1.54, 1.807) is 7.05 Å². The molecule has 1 aliphatic heterocycles. The van der Waals surface area contributed by atoms with Gasteiger partial charge in [-0.15, -0.1) is 0 Å². The highest BCUT2D eigenvalue weighted by Gasteiger charge is 2.30. The number of carbonyl (C=O) groups is 2. The molecule has 1 rings (SSSR count). The Balaban J connectivity index is 2.61. The van der Waals surface area contributed by atoms with Crippen molar-refractivity contribution >= 4 is 11.8 Å². The van der Waals surface area contributed by atoms with Gasteiger partial charge in [-0.3, -0.25) is 14.5 Å². The third kappa shape index (κ3) is 2.20. The molecule has 14 heavy (non-hydrogen) atoms. The number of likely N-dealkylation sites (tertiary alicyclic amines) is 1. The molecule has 4 nitrogen and oxygen atoms in total. The van der Waals surface area contributed by atoms with Crippen molar-refractivity contribution in [1.29, 1.82) is 0 Å². The van der Waals surface area contributed by atoms with Gasteiger partial charge >= 0.3 is 0 Å². The Morgan fingerprint density at radius 1 is 1.50 bits per heavy atom. The van der Waals surface area contributed by atoms with Gasteiger partial charge in [-0.05, 0) is 14.0 Å². The molecular weight excluding hydrogens is 180 g/mol. The molecule has 1 N–H and O–H groups in total. The van der Waals surface area contributed by atoms with Crippen LogP contribution in [0.5, 0.6) is 0 Å². The predicted molar refractivity (Wildman–Crippen MR) is 53.6 cm³/mol. The number of hydrogen-bond acceptors (Lipinski definition) is 3. The summed E-state index contributed by atoms with van der Waals surface area (Å²) in [5.74, 6) is -0.145. The number of nitrogens with zero attached hydrogens (tertiary/aromatic N) is 1. The molecule has 1 saturated heterocycles. The SMILES string of the molecule is C=C(C)C(CN1C(=O)CCC1=O)NC. The van der Waals surface area contributed by atoms with Crippen LogP contribution in [0.2, 0.25) is 0 Å². The van der Waals surface area contributed by atoms with Crippen molar-refractivity contribution < 1.29 is 9.59 Å². The van der Waals surface area contributed by atoms with Crippen molar-refractivity contribution in [2.24, 2.45) is 0 Å². The topological polar surface area (TPSA) is 49.4 Å². The van der Waals surface area contributed by atoms with E-state index in [1.165, 1.54) is 4.90 Å². The van der Waals surface area contributed by atoms with Gasteiger partial charge in [0.25, 0.3) is 0 Å². The van der Waals surface area contributed by atoms with Gasteiger partial charge in [-0.2, -0.15) is 0 Å². The zero-order chi connectivity index (χ0) is 10.7. The van der Waals surface area contributed by atoms with E-state index in [0.717, 1.165) is 5.57 Å². The third-order valence-electron chi connectivity index (χ3n) is 2.46. The fraction of sp³-hybridized carbons (Fsp3) is 0.600. The van der Waals surface area contributed by atoms with Crippen LogP contribution >= 0.6 is 0 Å². The number of carbonyl (C=O) groups excluding carboxylic acids is 2. The highest BCUT2D eigenvalue weighted by molar-refractivity contribution is 6.01. The summed E-state index contributed by atoms with van der Waals surface area (Å²) in [5.41, 5.74) is 0.931. The summed E-state index contributed by atoms with van der Waals surface area (Å²) in [4.78, 5) is 23.9. The van der Waals surface area contributed by atoms with Gasteiger partial charge in [0.2, 0.25) is 11.8 Å². The van der Waals surface area contributed by atoms with Gasteiger partial charge in [0.05, 0.1) is 0 Å². The largest absolute Gasteiger partial charge is 0.312 e. The second-order valence-electron chi connectivity index (χ2n) is 3.59. The van der Waals surface area contributed by atoms with Gasteiger partial charge in [0.15, 0.2) is 0 Å². The second kappa shape index (κ2) is 4.37. The van der Waals surface area contributed by atoms with Crippen molar-refractivity contribution in [3.05, 3.63) is 12.2 Å². The summed E-state index contributed by atoms with van der Waals surface area (Å²) in [6, 6.07) is 0.000926. The number of amides is 2. The maximum Gasteiger partial charge on any atom is 0.229 e. The lowest BCUT2D eigenvalue weighted by Gasteiger charge is -2.22. The molecule has 1 fully saturated rings. The van der Waals surface area contributed by atoms with Crippen LogP contribution in [-0.4, -0.2) is 36.3 Å². The van der Waals surface area contributed by atoms with Gasteiger partial charge in [-0.25, -0.2) is 0 Å². The van der Waals surface area contributed by atoms with Crippen molar-refractivity contribution in [3.63, 3.8) is 0 Å². The van der Waals surface area contributed by atoms with Gasteiger partial charge in [0.1, 0.15) is 0 Å². The van der Waals surface area contributed by atoms with Crippen LogP contribution in [-0.2, 0) is 9.59 Å². The van der Waals surface area contributed by atoms with Gasteiger partial charge in [-0.1, -0.05) is 12.2 Å². The molecule has 0 aromatic carbocycles. The fourth-order valence-electron chi connectivity index (χ4n) is 1.50. The highest BCUT2D eigenvalue weighted by Crippen LogP contribution is 2.13. The van der Waals surface area contributed by atoms with Crippen LogP contribution in [0.15, 0.2) is 12.2 Å². The quantitative estimate of drug-likeness (QED) is 0.519. The Bertz CT molecular complexity index is 257. The first-order valence-electron chi connectivity index (χ1n) is 4.72. The zero-order valence-corrected chi connectivity index (χ0v) is 8.67. The molecule has 1 unspecified atom stereocenters. The second-order valence-corrected chi connectivity index (χ2v) is 3.59. The van der Waals surface area contributed by atoms with E-state index < -0.39 is 0 Å². The van der Waals surface area contributed by atoms with Crippen LogP contribution in [0.25, 0.3) is 0 Å². The maximum atomic E-state index is 11.3. The first kappa shape index (κ1) is 10.9. The van der Waals surface area contributed by atoms with Gasteiger partial charge in [0, 0.05) is 25.4 Å². The first-order chi connectivity index (χ1) is 6.56. The summed E-state index contributed by atoms with van der Waals surface area (Å²) in [6.07, 6.45) is 0.705. The summed E-state index contributed by atoms with van der Waals surface area (Å²) in [6.45, 7) is 6.09. The number of nitrogens with one attached hydrogen (secondary N) is 1. The van der Waals surface area contributed by atoms with Crippen molar-refractivity contribution in [2.75, 3.05) is 13.6 Å². The van der Waals surface area contributed by atoms with Crippen LogP contribution in [0.1, 0.15) is 19.8 Å². The number of likely N-dealkylation sites (N-methyl/N-ethyl adjacent to an activating group) is 1. The van der Waals surface area contributed by atoms with Crippen LogP contribution in [0.4, 0.5) is 0 Å². The van der Waals surface area contributed by atoms with Crippen molar-refractivity contribution in [1.82, 2.24) is 10.2 Å². The molecule has 2 amide bonds. The third-order valence-corrected chi connectivity index (χ3v) is 2.46. The molecule has 0 bridgehead atoms. The first-order valence-corrected chi connectivity index (χ1v) is 4.72. The van der Waals surface area contributed by atoms with E-state index in [-0.39, 0.29) is 17.9 Å². The monoisotopic (exact) mass is 196 g/mol. The average molecular weight is 196 g/mol. The molecule has 78 valence electrons. The van der Waals surface area contributed by atoms with E-state index in [9.17, 15) is 9.59 Å². The fourth-order valence-corrected chi connectivity index (χ4v) is 1.50. The Hall–Kier alpha value is -1.16. The molecule has 0 aromatic heterocycles. The minimum Gasteiger partial charge on any atom is -0.312 e. The molecule has 0 aromatic rings. The minimum absolute atomic E-state index is 0.000926. The maximum absolute atomic E-state index is 11.3. The Kier molecular flexibility index (Phi) is 3.41. The lowest BCUT2D eigenvalue weighted by Crippen LogP contribution is -2.42. The molecule has 1 atom stereocenters. The Morgan fingerprint density at radius 2 is 2.00 bits per heavy atom. The van der Waals surface area contributed by atoms with E-state index in [0.29, 0.717) is 19.4 Å². The minimum atomic E-state index is -0.0727. The van der Waals surface area contributed by atoms with Crippen LogP contribution < -0.4 is 5.32 Å². The molecule has 0 spiro atoms. The average Bonchev–Trinajstić information content (AvgIpc) is 2.43. The number of rotatable bonds is 4.